The quantitative estimate of drug-likeness (QED) is 0.432. The molecule has 1 heterocycles. The van der Waals surface area contributed by atoms with Gasteiger partial charge in [-0.25, -0.2) is 8.78 Å². The van der Waals surface area contributed by atoms with E-state index in [0.29, 0.717) is 24.4 Å². The van der Waals surface area contributed by atoms with Crippen molar-refractivity contribution in [3.05, 3.63) is 29.3 Å². The molecule has 2 aliphatic carbocycles. The van der Waals surface area contributed by atoms with Crippen molar-refractivity contribution in [1.82, 2.24) is 0 Å². The Bertz CT molecular complexity index is 657. The van der Waals surface area contributed by atoms with E-state index in [1.807, 2.05) is 0 Å². The third kappa shape index (κ3) is 5.56. The molecule has 2 fully saturated rings. The molecule has 0 saturated heterocycles. The second-order valence-corrected chi connectivity index (χ2v) is 10.3. The molecule has 2 saturated carbocycles. The molecule has 3 aliphatic rings. The molecule has 1 aliphatic heterocycles. The van der Waals surface area contributed by atoms with Gasteiger partial charge >= 0.3 is 0 Å². The highest BCUT2D eigenvalue weighted by Gasteiger charge is 2.32. The number of halogens is 2. The number of aryl methyl sites for hydroxylation is 1. The molecule has 0 aromatic heterocycles. The first kappa shape index (κ1) is 22.1. The molecular weight excluding hydrogens is 378 g/mol. The zero-order chi connectivity index (χ0) is 20.9. The van der Waals surface area contributed by atoms with Crippen LogP contribution in [0, 0.1) is 17.8 Å². The zero-order valence-electron chi connectivity index (χ0n) is 18.8. The lowest BCUT2D eigenvalue weighted by molar-refractivity contribution is 0.0697. The molecule has 1 atom stereocenters. The second kappa shape index (κ2) is 10.5. The minimum Gasteiger partial charge on any atom is -0.490 e. The van der Waals surface area contributed by atoms with Gasteiger partial charge in [-0.05, 0) is 98.7 Å². The molecule has 0 N–H and O–H groups in total. The highest BCUT2D eigenvalue weighted by Crippen LogP contribution is 2.42. The molecule has 4 rings (SSSR count). The monoisotopic (exact) mass is 418 g/mol. The predicted molar refractivity (Wildman–Crippen MR) is 119 cm³/mol. The summed E-state index contributed by atoms with van der Waals surface area (Å²) in [6, 6.07) is 7.01. The Hall–Kier alpha value is -1.12. The van der Waals surface area contributed by atoms with Crippen molar-refractivity contribution in [2.24, 2.45) is 17.8 Å². The van der Waals surface area contributed by atoms with Crippen molar-refractivity contribution in [3.8, 4) is 5.75 Å². The third-order valence-electron chi connectivity index (χ3n) is 8.29. The molecule has 3 heteroatoms. The summed E-state index contributed by atoms with van der Waals surface area (Å²) in [4.78, 5) is 0. The molecule has 1 unspecified atom stereocenters. The lowest BCUT2D eigenvalue weighted by atomic mass is 9.75. The van der Waals surface area contributed by atoms with Crippen LogP contribution in [0.1, 0.15) is 107 Å². The largest absolute Gasteiger partial charge is 0.490 e. The minimum absolute atomic E-state index is 0.0746. The lowest BCUT2D eigenvalue weighted by Crippen LogP contribution is -2.33. The van der Waals surface area contributed by atoms with Crippen LogP contribution in [0.4, 0.5) is 8.78 Å². The molecule has 1 aromatic carbocycles. The maximum Gasteiger partial charge on any atom is 0.238 e. The Labute approximate surface area is 182 Å². The van der Waals surface area contributed by atoms with E-state index in [2.05, 4.69) is 25.1 Å². The van der Waals surface area contributed by atoms with E-state index in [9.17, 15) is 8.78 Å². The van der Waals surface area contributed by atoms with Crippen LogP contribution in [0.3, 0.4) is 0 Å². The first-order chi connectivity index (χ1) is 14.6. The fourth-order valence-corrected chi connectivity index (χ4v) is 6.42. The lowest BCUT2D eigenvalue weighted by Gasteiger charge is -2.37. The van der Waals surface area contributed by atoms with Gasteiger partial charge in [-0.3, -0.25) is 0 Å². The highest BCUT2D eigenvalue weighted by molar-refractivity contribution is 5.40. The molecule has 30 heavy (non-hydrogen) atoms. The van der Waals surface area contributed by atoms with Crippen molar-refractivity contribution in [1.29, 1.82) is 0 Å². The van der Waals surface area contributed by atoms with Gasteiger partial charge in [0.25, 0.3) is 0 Å². The van der Waals surface area contributed by atoms with Crippen molar-refractivity contribution < 1.29 is 13.5 Å². The third-order valence-corrected chi connectivity index (χ3v) is 8.29. The number of rotatable bonds is 7. The van der Waals surface area contributed by atoms with E-state index in [1.54, 1.807) is 0 Å². The predicted octanol–water partition coefficient (Wildman–Crippen LogP) is 8.31. The van der Waals surface area contributed by atoms with E-state index in [0.717, 1.165) is 56.1 Å². The highest BCUT2D eigenvalue weighted by atomic mass is 19.3. The van der Waals surface area contributed by atoms with Gasteiger partial charge in [0.2, 0.25) is 6.43 Å². The summed E-state index contributed by atoms with van der Waals surface area (Å²) in [5.41, 5.74) is 2.94. The van der Waals surface area contributed by atoms with Gasteiger partial charge in [-0.1, -0.05) is 44.7 Å². The smallest absolute Gasteiger partial charge is 0.238 e. The van der Waals surface area contributed by atoms with Crippen LogP contribution in [-0.2, 0) is 6.42 Å². The van der Waals surface area contributed by atoms with E-state index >= 15 is 0 Å². The number of hydrogen-bond donors (Lipinski definition) is 0. The summed E-state index contributed by atoms with van der Waals surface area (Å²) in [5.74, 6) is 3.91. The summed E-state index contributed by atoms with van der Waals surface area (Å²) in [7, 11) is 0. The molecule has 1 nitrogen and oxygen atoms in total. The normalized spacial score (nSPS) is 31.9. The van der Waals surface area contributed by atoms with E-state index in [-0.39, 0.29) is 6.42 Å². The Kier molecular flexibility index (Phi) is 7.70. The molecule has 0 bridgehead atoms. The maximum absolute atomic E-state index is 12.5. The van der Waals surface area contributed by atoms with E-state index in [4.69, 9.17) is 4.74 Å². The molecule has 0 amide bonds. The summed E-state index contributed by atoms with van der Waals surface area (Å²) >= 11 is 0. The van der Waals surface area contributed by atoms with Crippen molar-refractivity contribution in [3.63, 3.8) is 0 Å². The van der Waals surface area contributed by atoms with Crippen molar-refractivity contribution in [2.45, 2.75) is 115 Å². The molecule has 168 valence electrons. The average molecular weight is 419 g/mol. The van der Waals surface area contributed by atoms with Crippen molar-refractivity contribution in [2.75, 3.05) is 0 Å². The Morgan fingerprint density at radius 1 is 0.900 bits per heavy atom. The topological polar surface area (TPSA) is 9.23 Å². The molecular formula is C27H40F2O. The SMILES string of the molecule is CCCC1CCC(c2ccc3c(c2)CCC(C2CCC(CCC(F)F)CC2)O3)CC1. The summed E-state index contributed by atoms with van der Waals surface area (Å²) in [6.45, 7) is 2.31. The fraction of sp³-hybridized carbons (Fsp3) is 0.778. The number of alkyl halides is 2. The minimum atomic E-state index is -2.14. The fourth-order valence-electron chi connectivity index (χ4n) is 6.42. The van der Waals surface area contributed by atoms with Crippen LogP contribution < -0.4 is 4.74 Å². The molecule has 0 radical (unpaired) electrons. The van der Waals surface area contributed by atoms with E-state index < -0.39 is 6.43 Å². The van der Waals surface area contributed by atoms with Gasteiger partial charge in [0.1, 0.15) is 11.9 Å². The van der Waals surface area contributed by atoms with Gasteiger partial charge in [0.15, 0.2) is 0 Å². The van der Waals surface area contributed by atoms with Gasteiger partial charge in [0.05, 0.1) is 0 Å². The van der Waals surface area contributed by atoms with Crippen LogP contribution in [-0.4, -0.2) is 12.5 Å². The van der Waals surface area contributed by atoms with Gasteiger partial charge < -0.3 is 4.74 Å². The van der Waals surface area contributed by atoms with Gasteiger partial charge in [-0.2, -0.15) is 0 Å². The van der Waals surface area contributed by atoms with Crippen LogP contribution in [0.15, 0.2) is 18.2 Å². The van der Waals surface area contributed by atoms with Crippen LogP contribution in [0.2, 0.25) is 0 Å². The number of fused-ring (bicyclic) bond motifs is 1. The average Bonchev–Trinajstić information content (AvgIpc) is 2.78. The van der Waals surface area contributed by atoms with Gasteiger partial charge in [0, 0.05) is 6.42 Å². The maximum atomic E-state index is 12.5. The number of hydrogen-bond acceptors (Lipinski definition) is 1. The standard InChI is InChI=1S/C27H40F2O/c1-2-3-19-4-9-21(10-5-19)23-13-15-26-24(18-23)14-16-25(30-26)22-11-6-20(7-12-22)8-17-27(28)29/h13,15,18-22,25,27H,2-12,14,16-17H2,1H3. The zero-order valence-corrected chi connectivity index (χ0v) is 18.8. The molecule has 1 aromatic rings. The number of ether oxygens (including phenoxy) is 1. The Morgan fingerprint density at radius 2 is 1.60 bits per heavy atom. The summed E-state index contributed by atoms with van der Waals surface area (Å²) < 4.78 is 31.4. The van der Waals surface area contributed by atoms with Crippen LogP contribution in [0.5, 0.6) is 5.75 Å². The van der Waals surface area contributed by atoms with E-state index in [1.165, 1.54) is 49.7 Å². The molecule has 0 spiro atoms. The van der Waals surface area contributed by atoms with Gasteiger partial charge in [-0.15, -0.1) is 0 Å². The number of benzene rings is 1. The summed E-state index contributed by atoms with van der Waals surface area (Å²) in [6.07, 6.45) is 13.9. The first-order valence-corrected chi connectivity index (χ1v) is 12.7. The van der Waals surface area contributed by atoms with Crippen LogP contribution >= 0.6 is 0 Å². The Morgan fingerprint density at radius 3 is 2.30 bits per heavy atom. The summed E-state index contributed by atoms with van der Waals surface area (Å²) in [5, 5.41) is 0. The Balaban J connectivity index is 1.28. The first-order valence-electron chi connectivity index (χ1n) is 12.7. The second-order valence-electron chi connectivity index (χ2n) is 10.3. The van der Waals surface area contributed by atoms with Crippen molar-refractivity contribution >= 4 is 0 Å². The van der Waals surface area contributed by atoms with Crippen LogP contribution in [0.25, 0.3) is 0 Å².